The van der Waals surface area contributed by atoms with Gasteiger partial charge in [-0.2, -0.15) is 0 Å². The van der Waals surface area contributed by atoms with Crippen LogP contribution in [0.25, 0.3) is 0 Å². The van der Waals surface area contributed by atoms with Gasteiger partial charge in [0.2, 0.25) is 0 Å². The first-order valence-corrected chi connectivity index (χ1v) is 5.63. The number of ketones is 4. The van der Waals surface area contributed by atoms with Crippen molar-refractivity contribution in [1.82, 2.24) is 0 Å². The Hall–Kier alpha value is -1.85. The van der Waals surface area contributed by atoms with Crippen LogP contribution in [0, 0.1) is 0 Å². The Labute approximate surface area is 104 Å². The van der Waals surface area contributed by atoms with Crippen LogP contribution < -0.4 is 0 Å². The maximum atomic E-state index is 11.7. The molecule has 18 heavy (non-hydrogen) atoms. The molecule has 1 saturated carbocycles. The second-order valence-corrected chi connectivity index (χ2v) is 4.30. The van der Waals surface area contributed by atoms with Gasteiger partial charge in [0.1, 0.15) is 0 Å². The molecule has 0 amide bonds. The van der Waals surface area contributed by atoms with Crippen molar-refractivity contribution in [3.8, 4) is 0 Å². The molecule has 98 valence electrons. The lowest BCUT2D eigenvalue weighted by Crippen LogP contribution is -2.43. The van der Waals surface area contributed by atoms with Gasteiger partial charge in [-0.05, 0) is 13.3 Å². The van der Waals surface area contributed by atoms with Crippen LogP contribution in [0.3, 0.4) is 0 Å². The average Bonchev–Trinajstić information content (AvgIpc) is 2.60. The number of nitrogens with zero attached hydrogens (tertiary/aromatic N) is 1. The summed E-state index contributed by atoms with van der Waals surface area (Å²) in [5, 5.41) is 3.42. The van der Waals surface area contributed by atoms with E-state index in [1.54, 1.807) is 0 Å². The monoisotopic (exact) mass is 253 g/mol. The fourth-order valence-corrected chi connectivity index (χ4v) is 1.87. The topological polar surface area (TPSA) is 89.9 Å². The molecule has 0 N–H and O–H groups in total. The number of Topliss-reactive ketones (excluding diaryl/α,β-unsaturated/α-hetero) is 4. The van der Waals surface area contributed by atoms with Gasteiger partial charge in [-0.25, -0.2) is 0 Å². The molecule has 6 nitrogen and oxygen atoms in total. The number of oxime groups is 1. The third-order valence-corrected chi connectivity index (χ3v) is 2.91. The van der Waals surface area contributed by atoms with Gasteiger partial charge in [0, 0.05) is 26.7 Å². The molecule has 1 rings (SSSR count). The maximum Gasteiger partial charge on any atom is 0.252 e. The molecule has 1 fully saturated rings. The molecule has 0 unspecified atom stereocenters. The molecule has 0 bridgehead atoms. The van der Waals surface area contributed by atoms with E-state index in [4.69, 9.17) is 4.84 Å². The van der Waals surface area contributed by atoms with E-state index in [9.17, 15) is 19.2 Å². The smallest absolute Gasteiger partial charge is 0.252 e. The van der Waals surface area contributed by atoms with E-state index in [0.717, 1.165) is 0 Å². The van der Waals surface area contributed by atoms with Crippen molar-refractivity contribution >= 4 is 28.8 Å². The lowest BCUT2D eigenvalue weighted by atomic mass is 9.97. The van der Waals surface area contributed by atoms with E-state index in [2.05, 4.69) is 5.16 Å². The summed E-state index contributed by atoms with van der Waals surface area (Å²) in [6.45, 7) is 3.57. The fraction of sp³-hybridized carbons (Fsp3) is 0.583. The standard InChI is InChI=1S/C12H15NO5/c1-7(14)11(8(2)15)13-18-12(9(3)16)6-4-5-10(12)17/h4-6H2,1-3H3/t12-/m0/s1. The third-order valence-electron chi connectivity index (χ3n) is 2.91. The minimum atomic E-state index is -1.61. The summed E-state index contributed by atoms with van der Waals surface area (Å²) < 4.78 is 0. The molecular weight excluding hydrogens is 238 g/mol. The van der Waals surface area contributed by atoms with Gasteiger partial charge < -0.3 is 4.84 Å². The van der Waals surface area contributed by atoms with Crippen LogP contribution in [0.2, 0.25) is 0 Å². The zero-order valence-electron chi connectivity index (χ0n) is 10.6. The molecule has 0 aromatic rings. The van der Waals surface area contributed by atoms with Gasteiger partial charge in [-0.3, -0.25) is 19.2 Å². The van der Waals surface area contributed by atoms with Crippen molar-refractivity contribution in [2.75, 3.05) is 0 Å². The molecule has 1 atom stereocenters. The summed E-state index contributed by atoms with van der Waals surface area (Å²) >= 11 is 0. The Morgan fingerprint density at radius 2 is 1.72 bits per heavy atom. The van der Waals surface area contributed by atoms with Crippen molar-refractivity contribution in [2.24, 2.45) is 5.16 Å². The predicted molar refractivity (Wildman–Crippen MR) is 62.2 cm³/mol. The zero-order valence-corrected chi connectivity index (χ0v) is 10.6. The largest absolute Gasteiger partial charge is 0.372 e. The molecular formula is C12H15NO5. The lowest BCUT2D eigenvalue weighted by molar-refractivity contribution is -0.154. The maximum absolute atomic E-state index is 11.7. The van der Waals surface area contributed by atoms with E-state index < -0.39 is 28.7 Å². The summed E-state index contributed by atoms with van der Waals surface area (Å²) in [6.07, 6.45) is 1.00. The van der Waals surface area contributed by atoms with E-state index in [1.165, 1.54) is 20.8 Å². The Balaban J connectivity index is 3.03. The summed E-state index contributed by atoms with van der Waals surface area (Å²) in [4.78, 5) is 50.5. The first-order valence-electron chi connectivity index (χ1n) is 5.63. The SMILES string of the molecule is CC(=O)C(=NO[C@]1(C(C)=O)CCCC1=O)C(C)=O. The number of rotatable bonds is 5. The van der Waals surface area contributed by atoms with Crippen LogP contribution in [0.15, 0.2) is 5.16 Å². The Morgan fingerprint density at radius 1 is 1.17 bits per heavy atom. The van der Waals surface area contributed by atoms with Gasteiger partial charge in [-0.15, -0.1) is 0 Å². The molecule has 1 aliphatic rings. The van der Waals surface area contributed by atoms with Crippen molar-refractivity contribution in [2.45, 2.75) is 45.6 Å². The van der Waals surface area contributed by atoms with E-state index in [1.807, 2.05) is 0 Å². The normalized spacial score (nSPS) is 22.5. The fourth-order valence-electron chi connectivity index (χ4n) is 1.87. The highest BCUT2D eigenvalue weighted by atomic mass is 16.7. The third kappa shape index (κ3) is 2.52. The van der Waals surface area contributed by atoms with Gasteiger partial charge >= 0.3 is 0 Å². The lowest BCUT2D eigenvalue weighted by Gasteiger charge is -2.21. The Bertz CT molecular complexity index is 435. The minimum absolute atomic E-state index is 0.230. The van der Waals surface area contributed by atoms with Crippen molar-refractivity contribution in [3.05, 3.63) is 0 Å². The molecule has 0 radical (unpaired) electrons. The van der Waals surface area contributed by atoms with E-state index in [-0.39, 0.29) is 18.6 Å². The van der Waals surface area contributed by atoms with Gasteiger partial charge in [0.25, 0.3) is 5.60 Å². The first kappa shape index (κ1) is 14.2. The summed E-state index contributed by atoms with van der Waals surface area (Å²) in [7, 11) is 0. The van der Waals surface area contributed by atoms with Crippen LogP contribution in [0.5, 0.6) is 0 Å². The highest BCUT2D eigenvalue weighted by Crippen LogP contribution is 2.31. The molecule has 0 spiro atoms. The zero-order chi connectivity index (χ0) is 13.9. The second kappa shape index (κ2) is 5.20. The van der Waals surface area contributed by atoms with Gasteiger partial charge in [0.15, 0.2) is 28.8 Å². The minimum Gasteiger partial charge on any atom is -0.372 e. The summed E-state index contributed by atoms with van der Waals surface area (Å²) in [5.74, 6) is -1.94. The van der Waals surface area contributed by atoms with Gasteiger partial charge in [-0.1, -0.05) is 5.16 Å². The number of hydrogen-bond donors (Lipinski definition) is 0. The van der Waals surface area contributed by atoms with Gasteiger partial charge in [0.05, 0.1) is 0 Å². The highest BCUT2D eigenvalue weighted by molar-refractivity contribution is 6.65. The Kier molecular flexibility index (Phi) is 4.11. The number of carbonyl (C=O) groups excluding carboxylic acids is 4. The van der Waals surface area contributed by atoms with Crippen LogP contribution in [-0.2, 0) is 24.0 Å². The van der Waals surface area contributed by atoms with Crippen molar-refractivity contribution in [3.63, 3.8) is 0 Å². The molecule has 0 aliphatic heterocycles. The molecule has 0 aromatic carbocycles. The predicted octanol–water partition coefficient (Wildman–Crippen LogP) is 0.618. The molecule has 1 aliphatic carbocycles. The van der Waals surface area contributed by atoms with Crippen molar-refractivity contribution < 1.29 is 24.0 Å². The van der Waals surface area contributed by atoms with E-state index in [0.29, 0.717) is 6.42 Å². The van der Waals surface area contributed by atoms with Crippen molar-refractivity contribution in [1.29, 1.82) is 0 Å². The van der Waals surface area contributed by atoms with E-state index >= 15 is 0 Å². The van der Waals surface area contributed by atoms with Crippen LogP contribution in [0.4, 0.5) is 0 Å². The van der Waals surface area contributed by atoms with Crippen LogP contribution in [-0.4, -0.2) is 34.4 Å². The number of carbonyl (C=O) groups is 4. The molecule has 0 aromatic heterocycles. The first-order chi connectivity index (χ1) is 8.31. The van der Waals surface area contributed by atoms with Crippen LogP contribution in [0.1, 0.15) is 40.0 Å². The average molecular weight is 253 g/mol. The summed E-state index contributed by atoms with van der Waals surface area (Å²) in [5.41, 5.74) is -2.01. The number of hydrogen-bond acceptors (Lipinski definition) is 6. The second-order valence-electron chi connectivity index (χ2n) is 4.30. The quantitative estimate of drug-likeness (QED) is 0.407. The molecule has 0 heterocycles. The highest BCUT2D eigenvalue weighted by Gasteiger charge is 2.49. The van der Waals surface area contributed by atoms with Crippen LogP contribution >= 0.6 is 0 Å². The summed E-state index contributed by atoms with van der Waals surface area (Å²) in [6, 6.07) is 0. The molecule has 0 saturated heterocycles. The Morgan fingerprint density at radius 3 is 2.06 bits per heavy atom. The molecule has 6 heteroatoms.